The minimum atomic E-state index is -1.20. The van der Waals surface area contributed by atoms with Crippen molar-refractivity contribution in [1.29, 1.82) is 0 Å². The monoisotopic (exact) mass is 512 g/mol. The molecule has 0 radical (unpaired) electrons. The first-order chi connectivity index (χ1) is 16.9. The molecule has 1 unspecified atom stereocenters. The molecule has 9 atom stereocenters. The van der Waals surface area contributed by atoms with Gasteiger partial charge in [-0.2, -0.15) is 0 Å². The smallest absolute Gasteiger partial charge is 0.313 e. The van der Waals surface area contributed by atoms with Gasteiger partial charge in [0.15, 0.2) is 5.78 Å². The number of aliphatic carboxylic acids is 1. The number of allylic oxidation sites excluding steroid dienone is 2. The second-order valence-electron chi connectivity index (χ2n) is 15.6. The van der Waals surface area contributed by atoms with E-state index in [0.29, 0.717) is 18.8 Å². The van der Waals surface area contributed by atoms with Gasteiger partial charge in [-0.1, -0.05) is 47.1 Å². The summed E-state index contributed by atoms with van der Waals surface area (Å²) in [6.45, 7) is 17.3. The Morgan fingerprint density at radius 3 is 2.19 bits per heavy atom. The zero-order valence-electron chi connectivity index (χ0n) is 24.3. The van der Waals surface area contributed by atoms with Gasteiger partial charge in [0.05, 0.1) is 0 Å². The van der Waals surface area contributed by atoms with Gasteiger partial charge < -0.3 is 9.84 Å². The van der Waals surface area contributed by atoms with Crippen molar-refractivity contribution in [2.75, 3.05) is 0 Å². The molecule has 0 amide bonds. The second-order valence-corrected chi connectivity index (χ2v) is 15.6. The van der Waals surface area contributed by atoms with Gasteiger partial charge in [-0.3, -0.25) is 14.4 Å². The summed E-state index contributed by atoms with van der Waals surface area (Å²) in [6, 6.07) is 0. The molecule has 0 heterocycles. The fraction of sp³-hybridized carbons (Fsp3) is 0.844. The van der Waals surface area contributed by atoms with E-state index in [2.05, 4.69) is 47.6 Å². The zero-order valence-corrected chi connectivity index (χ0v) is 24.3. The summed E-state index contributed by atoms with van der Waals surface area (Å²) in [5, 5.41) is 10.5. The highest BCUT2D eigenvalue weighted by atomic mass is 16.5. The number of carboxylic acid groups (broad SMARTS) is 1. The summed E-state index contributed by atoms with van der Waals surface area (Å²) in [6.07, 6.45) is 10.1. The van der Waals surface area contributed by atoms with E-state index >= 15 is 0 Å². The number of hydrogen-bond donors (Lipinski definition) is 1. The van der Waals surface area contributed by atoms with Gasteiger partial charge in [0.2, 0.25) is 0 Å². The Bertz CT molecular complexity index is 1070. The molecule has 0 bridgehead atoms. The quantitative estimate of drug-likeness (QED) is 0.404. The number of fused-ring (bicyclic) bond motifs is 7. The number of rotatable bonds is 2. The largest absolute Gasteiger partial charge is 0.481 e. The molecule has 4 fully saturated rings. The first-order valence-electron chi connectivity index (χ1n) is 14.6. The number of hydrogen-bond acceptors (Lipinski definition) is 4. The zero-order chi connectivity index (χ0) is 27.4. The van der Waals surface area contributed by atoms with Crippen molar-refractivity contribution < 1.29 is 24.2 Å². The van der Waals surface area contributed by atoms with E-state index in [1.165, 1.54) is 31.8 Å². The maximum atomic E-state index is 14.4. The van der Waals surface area contributed by atoms with E-state index in [4.69, 9.17) is 4.74 Å². The van der Waals surface area contributed by atoms with E-state index in [9.17, 15) is 19.5 Å². The number of carboxylic acids is 1. The van der Waals surface area contributed by atoms with E-state index in [-0.39, 0.29) is 39.3 Å². The van der Waals surface area contributed by atoms with Crippen LogP contribution < -0.4 is 0 Å². The van der Waals surface area contributed by atoms with Crippen molar-refractivity contribution in [3.8, 4) is 0 Å². The highest BCUT2D eigenvalue weighted by Gasteiger charge is 2.72. The van der Waals surface area contributed by atoms with Crippen LogP contribution in [-0.4, -0.2) is 28.9 Å². The van der Waals surface area contributed by atoms with E-state index in [0.717, 1.165) is 25.7 Å². The van der Waals surface area contributed by atoms with Gasteiger partial charge in [0.25, 0.3) is 0 Å². The van der Waals surface area contributed by atoms with Crippen LogP contribution >= 0.6 is 0 Å². The van der Waals surface area contributed by atoms with Gasteiger partial charge in [0.1, 0.15) is 11.5 Å². The third kappa shape index (κ3) is 3.43. The Labute approximate surface area is 223 Å². The van der Waals surface area contributed by atoms with Crippen LogP contribution in [-0.2, 0) is 19.1 Å². The summed E-state index contributed by atoms with van der Waals surface area (Å²) in [5.74, 6) is -1.14. The third-order valence-electron chi connectivity index (χ3n) is 13.2. The molecule has 37 heavy (non-hydrogen) atoms. The van der Waals surface area contributed by atoms with Crippen LogP contribution in [0.15, 0.2) is 11.6 Å². The highest BCUT2D eigenvalue weighted by Crippen LogP contribution is 2.75. The fourth-order valence-corrected chi connectivity index (χ4v) is 10.7. The molecule has 0 aromatic rings. The predicted octanol–water partition coefficient (Wildman–Crippen LogP) is 6.98. The highest BCUT2D eigenvalue weighted by molar-refractivity contribution is 5.96. The van der Waals surface area contributed by atoms with Gasteiger partial charge >= 0.3 is 11.9 Å². The van der Waals surface area contributed by atoms with E-state index < -0.39 is 28.9 Å². The van der Waals surface area contributed by atoms with Crippen LogP contribution in [0.4, 0.5) is 0 Å². The summed E-state index contributed by atoms with van der Waals surface area (Å²) in [5.41, 5.74) is 0.00500. The number of ketones is 1. The minimum Gasteiger partial charge on any atom is -0.481 e. The molecule has 0 spiro atoms. The Hall–Kier alpha value is -1.65. The molecule has 206 valence electrons. The van der Waals surface area contributed by atoms with Crippen LogP contribution in [0.2, 0.25) is 0 Å². The van der Waals surface area contributed by atoms with Crippen LogP contribution in [0.1, 0.15) is 113 Å². The Balaban J connectivity index is 1.61. The average molecular weight is 513 g/mol. The molecule has 5 heteroatoms. The van der Waals surface area contributed by atoms with Crippen molar-refractivity contribution in [2.45, 2.75) is 119 Å². The van der Waals surface area contributed by atoms with E-state index in [1.54, 1.807) is 6.92 Å². The van der Waals surface area contributed by atoms with E-state index in [1.807, 2.05) is 0 Å². The van der Waals surface area contributed by atoms with Gasteiger partial charge in [0, 0.05) is 12.8 Å². The number of esters is 1. The topological polar surface area (TPSA) is 80.7 Å². The van der Waals surface area contributed by atoms with Gasteiger partial charge in [-0.25, -0.2) is 0 Å². The Morgan fingerprint density at radius 1 is 0.919 bits per heavy atom. The van der Waals surface area contributed by atoms with Crippen molar-refractivity contribution in [2.24, 2.45) is 50.2 Å². The number of carbonyl (C=O) groups is 3. The lowest BCUT2D eigenvalue weighted by Gasteiger charge is -2.70. The molecule has 4 saturated carbocycles. The fourth-order valence-electron chi connectivity index (χ4n) is 10.7. The summed E-state index contributed by atoms with van der Waals surface area (Å²) in [7, 11) is 0. The first-order valence-corrected chi connectivity index (χ1v) is 14.6. The molecule has 5 aliphatic rings. The maximum absolute atomic E-state index is 14.4. The predicted molar refractivity (Wildman–Crippen MR) is 143 cm³/mol. The molecule has 0 aromatic heterocycles. The summed E-state index contributed by atoms with van der Waals surface area (Å²) < 4.78 is 5.63. The minimum absolute atomic E-state index is 0.0660. The molecule has 0 aromatic carbocycles. The normalized spacial score (nSPS) is 50.5. The van der Waals surface area contributed by atoms with Gasteiger partial charge in [-0.05, 0) is 110 Å². The SMILES string of the molecule is CC(=O)O[C@@H]1CC[C@@]2(C)[C@@H](CC[C@]3(C)[C@@H]2C(=O)C=C2C4CC(C)(C)CC[C@]4(C)CC[C@]23C)[C@@]1(C)C(=O)O. The van der Waals surface area contributed by atoms with Crippen LogP contribution in [0, 0.1) is 50.2 Å². The molecule has 0 saturated heterocycles. The molecule has 5 rings (SSSR count). The van der Waals surface area contributed by atoms with Crippen molar-refractivity contribution in [3.05, 3.63) is 11.6 Å². The summed E-state index contributed by atoms with van der Waals surface area (Å²) in [4.78, 5) is 39.1. The lowest BCUT2D eigenvalue weighted by atomic mass is 9.33. The Morgan fingerprint density at radius 2 is 1.57 bits per heavy atom. The molecule has 1 N–H and O–H groups in total. The van der Waals surface area contributed by atoms with Crippen molar-refractivity contribution in [3.63, 3.8) is 0 Å². The lowest BCUT2D eigenvalue weighted by Crippen LogP contribution is -2.68. The van der Waals surface area contributed by atoms with Crippen LogP contribution in [0.5, 0.6) is 0 Å². The molecule has 5 nitrogen and oxygen atoms in total. The lowest BCUT2D eigenvalue weighted by molar-refractivity contribution is -0.220. The molecular formula is C32H48O5. The van der Waals surface area contributed by atoms with Crippen molar-refractivity contribution in [1.82, 2.24) is 0 Å². The second kappa shape index (κ2) is 7.94. The third-order valence-corrected chi connectivity index (χ3v) is 13.2. The molecule has 0 aliphatic heterocycles. The van der Waals surface area contributed by atoms with Crippen LogP contribution in [0.3, 0.4) is 0 Å². The number of carbonyl (C=O) groups excluding carboxylic acids is 2. The number of ether oxygens (including phenoxy) is 1. The standard InChI is InChI=1S/C32H48O5/c1-19(33)37-24-10-11-29(5)23(32(24,8)26(35)36)9-12-31(7)25(29)22(34)17-20-21-18-27(2,3)13-14-28(21,4)15-16-30(20,31)6/h17,21,23-25H,9-16,18H2,1-8H3,(H,35,36)/t21?,23-,24-,25-,28-,29+,30-,31-,32-/m1/s1. The maximum Gasteiger partial charge on any atom is 0.313 e. The molecular weight excluding hydrogens is 464 g/mol. The van der Waals surface area contributed by atoms with Gasteiger partial charge in [-0.15, -0.1) is 0 Å². The van der Waals surface area contributed by atoms with Crippen LogP contribution in [0.25, 0.3) is 0 Å². The first kappa shape index (κ1) is 26.9. The molecule has 5 aliphatic carbocycles. The summed E-state index contributed by atoms with van der Waals surface area (Å²) >= 11 is 0. The average Bonchev–Trinajstić information content (AvgIpc) is 2.78. The van der Waals surface area contributed by atoms with Crippen molar-refractivity contribution >= 4 is 17.7 Å². The Kier molecular flexibility index (Phi) is 5.78.